The van der Waals surface area contributed by atoms with E-state index in [1.807, 2.05) is 0 Å². The molecule has 0 unspecified atom stereocenters. The predicted octanol–water partition coefficient (Wildman–Crippen LogP) is 2.99. The number of alkyl halides is 3. The second-order valence-electron chi connectivity index (χ2n) is 6.12. The Morgan fingerprint density at radius 2 is 2.13 bits per heavy atom. The van der Waals surface area contributed by atoms with Crippen LogP contribution in [0.5, 0.6) is 5.75 Å². The minimum atomic E-state index is -4.36. The summed E-state index contributed by atoms with van der Waals surface area (Å²) in [7, 11) is 0. The van der Waals surface area contributed by atoms with E-state index in [0.29, 0.717) is 23.3 Å². The largest absolute Gasteiger partial charge is 0.489 e. The molecule has 2 aromatic rings. The normalized spacial score (nSPS) is 20.3. The number of nitrogens with zero attached hydrogens (tertiary/aromatic N) is 1. The molecule has 0 spiro atoms. The molecule has 23 heavy (non-hydrogen) atoms. The summed E-state index contributed by atoms with van der Waals surface area (Å²) in [4.78, 5) is 16.5. The van der Waals surface area contributed by atoms with E-state index in [1.54, 1.807) is 12.1 Å². The molecule has 4 nitrogen and oxygen atoms in total. The van der Waals surface area contributed by atoms with Crippen LogP contribution in [0.3, 0.4) is 0 Å². The van der Waals surface area contributed by atoms with Crippen molar-refractivity contribution < 1.29 is 17.9 Å². The minimum Gasteiger partial charge on any atom is -0.489 e. The van der Waals surface area contributed by atoms with Crippen LogP contribution in [0.2, 0.25) is 0 Å². The van der Waals surface area contributed by atoms with Gasteiger partial charge in [-0.25, -0.2) is 0 Å². The third-order valence-electron chi connectivity index (χ3n) is 4.52. The first-order chi connectivity index (χ1) is 10.9. The fourth-order valence-corrected chi connectivity index (χ4v) is 3.56. The molecule has 1 saturated heterocycles. The molecular weight excluding hydrogens is 309 g/mol. The Morgan fingerprint density at radius 3 is 2.91 bits per heavy atom. The van der Waals surface area contributed by atoms with Crippen LogP contribution in [0.25, 0.3) is 10.9 Å². The highest BCUT2D eigenvalue weighted by Crippen LogP contribution is 2.41. The summed E-state index contributed by atoms with van der Waals surface area (Å²) in [6.45, 7) is 1.45. The molecule has 1 fully saturated rings. The van der Waals surface area contributed by atoms with Gasteiger partial charge in [-0.3, -0.25) is 4.79 Å². The van der Waals surface area contributed by atoms with Crippen LogP contribution in [0, 0.1) is 0 Å². The van der Waals surface area contributed by atoms with Gasteiger partial charge in [0.1, 0.15) is 12.4 Å². The Balaban J connectivity index is 1.90. The zero-order valence-corrected chi connectivity index (χ0v) is 12.2. The molecule has 1 aromatic carbocycles. The lowest BCUT2D eigenvalue weighted by atomic mass is 10.0. The van der Waals surface area contributed by atoms with Gasteiger partial charge in [-0.1, -0.05) is 0 Å². The number of H-pyrrole nitrogens is 1. The van der Waals surface area contributed by atoms with Gasteiger partial charge in [0, 0.05) is 24.1 Å². The number of nitrogens with one attached hydrogen (secondary N) is 1. The highest BCUT2D eigenvalue weighted by Gasteiger charge is 2.33. The molecule has 2 aliphatic rings. The van der Waals surface area contributed by atoms with E-state index < -0.39 is 18.2 Å². The van der Waals surface area contributed by atoms with Gasteiger partial charge >= 0.3 is 6.18 Å². The highest BCUT2D eigenvalue weighted by molar-refractivity contribution is 5.89. The van der Waals surface area contributed by atoms with Crippen LogP contribution in [0.15, 0.2) is 23.0 Å². The van der Waals surface area contributed by atoms with Gasteiger partial charge in [-0.05, 0) is 24.5 Å². The van der Waals surface area contributed by atoms with Crippen LogP contribution in [-0.2, 0) is 6.42 Å². The maximum atomic E-state index is 12.8. The molecule has 1 atom stereocenters. The van der Waals surface area contributed by atoms with Crippen LogP contribution in [0.4, 0.5) is 18.9 Å². The fourth-order valence-electron chi connectivity index (χ4n) is 3.56. The molecule has 0 bridgehead atoms. The molecular formula is C16H15F3N2O2. The summed E-state index contributed by atoms with van der Waals surface area (Å²) < 4.78 is 44.2. The molecule has 1 aromatic heterocycles. The Kier molecular flexibility index (Phi) is 3.08. The Hall–Kier alpha value is -2.18. The van der Waals surface area contributed by atoms with Crippen molar-refractivity contribution in [3.8, 4) is 5.75 Å². The first-order valence-electron chi connectivity index (χ1n) is 7.57. The molecule has 0 aliphatic carbocycles. The monoisotopic (exact) mass is 324 g/mol. The number of hydrogen-bond acceptors (Lipinski definition) is 3. The predicted molar refractivity (Wildman–Crippen MR) is 80.2 cm³/mol. The highest BCUT2D eigenvalue weighted by atomic mass is 19.4. The molecule has 0 radical (unpaired) electrons. The number of anilines is 1. The van der Waals surface area contributed by atoms with Crippen LogP contribution in [-0.4, -0.2) is 30.4 Å². The zero-order chi connectivity index (χ0) is 16.2. The molecule has 122 valence electrons. The third kappa shape index (κ3) is 2.54. The van der Waals surface area contributed by atoms with Crippen LogP contribution < -0.4 is 15.2 Å². The summed E-state index contributed by atoms with van der Waals surface area (Å²) in [5, 5.41) is 0.428. The van der Waals surface area contributed by atoms with E-state index in [2.05, 4.69) is 9.88 Å². The van der Waals surface area contributed by atoms with Crippen molar-refractivity contribution in [2.45, 2.75) is 31.5 Å². The number of rotatable bonds is 1. The van der Waals surface area contributed by atoms with Crippen molar-refractivity contribution in [2.24, 2.45) is 0 Å². The van der Waals surface area contributed by atoms with Gasteiger partial charge in [-0.2, -0.15) is 13.2 Å². The summed E-state index contributed by atoms with van der Waals surface area (Å²) in [5.41, 5.74) is 0.668. The standard InChI is InChI=1S/C16H15F3N2O2/c17-16(18,19)7-9-4-15(22)20-12-6-14-13(5-11(9)12)21-3-1-2-10(21)8-23-14/h4-6,10H,1-3,7-8H2,(H,20,22)/t10-/m1/s1. The van der Waals surface area contributed by atoms with E-state index in [0.717, 1.165) is 31.1 Å². The SMILES string of the molecule is O=c1cc(CC(F)(F)F)c2cc3c(cc2[nH]1)OC[C@H]1CCCN31. The van der Waals surface area contributed by atoms with Gasteiger partial charge in [0.2, 0.25) is 5.56 Å². The second kappa shape index (κ2) is 4.91. The molecule has 7 heteroatoms. The van der Waals surface area contributed by atoms with Crippen molar-refractivity contribution in [3.63, 3.8) is 0 Å². The van der Waals surface area contributed by atoms with Crippen molar-refractivity contribution in [1.82, 2.24) is 4.98 Å². The van der Waals surface area contributed by atoms with E-state index >= 15 is 0 Å². The minimum absolute atomic E-state index is 0.000343. The molecule has 4 rings (SSSR count). The first-order valence-corrected chi connectivity index (χ1v) is 7.57. The number of ether oxygens (including phenoxy) is 1. The van der Waals surface area contributed by atoms with Crippen LogP contribution in [0.1, 0.15) is 18.4 Å². The number of aromatic amines is 1. The summed E-state index contributed by atoms with van der Waals surface area (Å²) in [5.74, 6) is 0.621. The number of fused-ring (bicyclic) bond motifs is 4. The number of pyridine rings is 1. The van der Waals surface area contributed by atoms with E-state index in [4.69, 9.17) is 4.74 Å². The summed E-state index contributed by atoms with van der Waals surface area (Å²) in [6.07, 6.45) is -3.40. The zero-order valence-electron chi connectivity index (χ0n) is 12.2. The van der Waals surface area contributed by atoms with Gasteiger partial charge in [0.05, 0.1) is 23.7 Å². The second-order valence-corrected chi connectivity index (χ2v) is 6.12. The maximum Gasteiger partial charge on any atom is 0.393 e. The van der Waals surface area contributed by atoms with Crippen molar-refractivity contribution in [2.75, 3.05) is 18.1 Å². The number of aromatic nitrogens is 1. The average molecular weight is 324 g/mol. The van der Waals surface area contributed by atoms with E-state index in [1.165, 1.54) is 0 Å². The maximum absolute atomic E-state index is 12.8. The quantitative estimate of drug-likeness (QED) is 0.877. The van der Waals surface area contributed by atoms with E-state index in [-0.39, 0.29) is 11.6 Å². The molecule has 3 heterocycles. The number of benzene rings is 1. The Bertz CT molecular complexity index is 828. The lowest BCUT2D eigenvalue weighted by molar-refractivity contribution is -0.127. The topological polar surface area (TPSA) is 45.3 Å². The Morgan fingerprint density at radius 1 is 1.30 bits per heavy atom. The third-order valence-corrected chi connectivity index (χ3v) is 4.52. The smallest absolute Gasteiger partial charge is 0.393 e. The average Bonchev–Trinajstić information content (AvgIpc) is 2.92. The molecule has 0 amide bonds. The summed E-state index contributed by atoms with van der Waals surface area (Å²) in [6, 6.07) is 4.68. The van der Waals surface area contributed by atoms with Gasteiger partial charge in [0.25, 0.3) is 0 Å². The molecule has 1 N–H and O–H groups in total. The van der Waals surface area contributed by atoms with Crippen molar-refractivity contribution in [1.29, 1.82) is 0 Å². The lowest BCUT2D eigenvalue weighted by Crippen LogP contribution is -2.38. The van der Waals surface area contributed by atoms with E-state index in [9.17, 15) is 18.0 Å². The molecule has 0 saturated carbocycles. The van der Waals surface area contributed by atoms with Gasteiger partial charge < -0.3 is 14.6 Å². The number of hydrogen-bond donors (Lipinski definition) is 1. The fraction of sp³-hybridized carbons (Fsp3) is 0.438. The van der Waals surface area contributed by atoms with Gasteiger partial charge in [0.15, 0.2) is 0 Å². The molecule has 2 aliphatic heterocycles. The Labute approximate surface area is 129 Å². The number of halogens is 3. The first kappa shape index (κ1) is 14.4. The lowest BCUT2D eigenvalue weighted by Gasteiger charge is -2.33. The van der Waals surface area contributed by atoms with Crippen molar-refractivity contribution >= 4 is 16.6 Å². The van der Waals surface area contributed by atoms with Crippen LogP contribution >= 0.6 is 0 Å². The van der Waals surface area contributed by atoms with Crippen molar-refractivity contribution in [3.05, 3.63) is 34.1 Å². The summed E-state index contributed by atoms with van der Waals surface area (Å²) >= 11 is 0. The van der Waals surface area contributed by atoms with Gasteiger partial charge in [-0.15, -0.1) is 0 Å².